The minimum absolute atomic E-state index is 0.489. The van der Waals surface area contributed by atoms with Gasteiger partial charge < -0.3 is 4.52 Å². The van der Waals surface area contributed by atoms with E-state index in [-0.39, 0.29) is 0 Å². The van der Waals surface area contributed by atoms with Crippen molar-refractivity contribution >= 4 is 51.9 Å². The quantitative estimate of drug-likeness (QED) is 0.327. The van der Waals surface area contributed by atoms with Crippen LogP contribution < -0.4 is 0 Å². The Bertz CT molecular complexity index is 390. The second-order valence-corrected chi connectivity index (χ2v) is 12.6. The smallest absolute Gasteiger partial charge is 0.313 e. The fourth-order valence-electron chi connectivity index (χ4n) is 1.12. The lowest BCUT2D eigenvalue weighted by atomic mass is 10.4. The number of rotatable bonds is 8. The molecule has 0 aliphatic heterocycles. The molecular formula is C11H16ClO2PS3. The van der Waals surface area contributed by atoms with Crippen LogP contribution in [0.1, 0.15) is 13.8 Å². The standard InChI is InChI=1S/C11H16ClO2PS3/c1-3-14-15(13,17-4-2)18-9-16-11-7-5-10(12)6-8-11/h5-8H,3-4,9H2,1-2H3. The molecule has 1 unspecified atom stereocenters. The molecule has 102 valence electrons. The zero-order valence-electron chi connectivity index (χ0n) is 10.3. The summed E-state index contributed by atoms with van der Waals surface area (Å²) >= 11 is 10.3. The zero-order valence-corrected chi connectivity index (χ0v) is 14.4. The molecule has 7 heteroatoms. The Labute approximate surface area is 126 Å². The Morgan fingerprint density at radius 3 is 2.44 bits per heavy atom. The monoisotopic (exact) mass is 342 g/mol. The molecule has 0 radical (unpaired) electrons. The van der Waals surface area contributed by atoms with Gasteiger partial charge in [-0.3, -0.25) is 4.57 Å². The van der Waals surface area contributed by atoms with E-state index in [1.54, 1.807) is 11.8 Å². The second-order valence-electron chi connectivity index (χ2n) is 3.13. The third-order valence-electron chi connectivity index (χ3n) is 1.82. The molecule has 0 N–H and O–H groups in total. The molecule has 0 bridgehead atoms. The van der Waals surface area contributed by atoms with Crippen LogP contribution in [-0.2, 0) is 9.09 Å². The predicted octanol–water partition coefficient (Wildman–Crippen LogP) is 6.02. The van der Waals surface area contributed by atoms with Crippen molar-refractivity contribution in [2.24, 2.45) is 0 Å². The minimum atomic E-state index is -2.58. The first-order valence-electron chi connectivity index (χ1n) is 5.51. The summed E-state index contributed by atoms with van der Waals surface area (Å²) in [6.07, 6.45) is 0. The van der Waals surface area contributed by atoms with Gasteiger partial charge in [0.05, 0.1) is 11.7 Å². The molecule has 0 heterocycles. The first-order chi connectivity index (χ1) is 8.59. The summed E-state index contributed by atoms with van der Waals surface area (Å²) < 4.78 is 17.7. The molecule has 0 amide bonds. The molecule has 1 rings (SSSR count). The molecule has 0 saturated heterocycles. The lowest BCUT2D eigenvalue weighted by Crippen LogP contribution is -1.84. The normalized spacial score (nSPS) is 14.4. The highest BCUT2D eigenvalue weighted by atomic mass is 35.5. The van der Waals surface area contributed by atoms with Crippen LogP contribution in [0.15, 0.2) is 29.2 Å². The maximum atomic E-state index is 12.3. The Kier molecular flexibility index (Phi) is 8.24. The molecule has 2 nitrogen and oxygen atoms in total. The van der Waals surface area contributed by atoms with E-state index < -0.39 is 5.77 Å². The van der Waals surface area contributed by atoms with Gasteiger partial charge in [0.25, 0.3) is 0 Å². The van der Waals surface area contributed by atoms with Crippen LogP contribution in [0.2, 0.25) is 5.02 Å². The third-order valence-corrected chi connectivity index (χ3v) is 11.2. The van der Waals surface area contributed by atoms with Crippen LogP contribution >= 0.6 is 51.9 Å². The van der Waals surface area contributed by atoms with Gasteiger partial charge in [-0.15, -0.1) is 11.8 Å². The molecule has 0 aromatic heterocycles. The summed E-state index contributed by atoms with van der Waals surface area (Å²) in [5.74, 6) is -1.78. The zero-order chi connectivity index (χ0) is 13.4. The average Bonchev–Trinajstić information content (AvgIpc) is 2.32. The van der Waals surface area contributed by atoms with Crippen molar-refractivity contribution in [3.63, 3.8) is 0 Å². The lowest BCUT2D eigenvalue weighted by Gasteiger charge is -2.14. The molecule has 18 heavy (non-hydrogen) atoms. The van der Waals surface area contributed by atoms with Gasteiger partial charge in [0.2, 0.25) is 0 Å². The molecule has 0 spiro atoms. The summed E-state index contributed by atoms with van der Waals surface area (Å²) in [6, 6.07) is 7.65. The van der Waals surface area contributed by atoms with Crippen molar-refractivity contribution < 1.29 is 9.09 Å². The molecule has 0 aliphatic rings. The SMILES string of the molecule is CCOP(=O)(SCC)SCSc1ccc(Cl)cc1. The number of thioether (sulfide) groups is 1. The van der Waals surface area contributed by atoms with Crippen LogP contribution in [0.5, 0.6) is 0 Å². The minimum Gasteiger partial charge on any atom is -0.314 e. The topological polar surface area (TPSA) is 26.3 Å². The van der Waals surface area contributed by atoms with Crippen molar-refractivity contribution in [2.45, 2.75) is 18.7 Å². The molecular weight excluding hydrogens is 327 g/mol. The van der Waals surface area contributed by atoms with Gasteiger partial charge in [0, 0.05) is 15.7 Å². The number of hydrogen-bond donors (Lipinski definition) is 0. The van der Waals surface area contributed by atoms with Crippen molar-refractivity contribution in [1.82, 2.24) is 0 Å². The van der Waals surface area contributed by atoms with Gasteiger partial charge in [-0.25, -0.2) is 0 Å². The van der Waals surface area contributed by atoms with Crippen molar-refractivity contribution in [3.8, 4) is 0 Å². The van der Waals surface area contributed by atoms with Gasteiger partial charge in [0.15, 0.2) is 0 Å². The molecule has 1 atom stereocenters. The van der Waals surface area contributed by atoms with E-state index in [2.05, 4.69) is 0 Å². The van der Waals surface area contributed by atoms with E-state index in [0.29, 0.717) is 11.7 Å². The van der Waals surface area contributed by atoms with Crippen LogP contribution in [-0.4, -0.2) is 17.4 Å². The van der Waals surface area contributed by atoms with Gasteiger partial charge in [-0.2, -0.15) is 0 Å². The molecule has 1 aromatic rings. The Hall–Kier alpha value is 0.750. The van der Waals surface area contributed by atoms with Gasteiger partial charge >= 0.3 is 5.77 Å². The van der Waals surface area contributed by atoms with Crippen LogP contribution in [0.3, 0.4) is 0 Å². The van der Waals surface area contributed by atoms with Crippen molar-refractivity contribution in [3.05, 3.63) is 29.3 Å². The average molecular weight is 343 g/mol. The highest BCUT2D eigenvalue weighted by Crippen LogP contribution is 2.70. The van der Waals surface area contributed by atoms with E-state index in [1.165, 1.54) is 22.8 Å². The van der Waals surface area contributed by atoms with Gasteiger partial charge in [-0.1, -0.05) is 29.9 Å². The first kappa shape index (κ1) is 16.8. The maximum absolute atomic E-state index is 12.3. The van der Waals surface area contributed by atoms with Gasteiger partial charge in [-0.05, 0) is 42.6 Å². The Balaban J connectivity index is 2.43. The van der Waals surface area contributed by atoms with E-state index in [1.807, 2.05) is 38.1 Å². The number of benzene rings is 1. The number of hydrogen-bond acceptors (Lipinski definition) is 5. The summed E-state index contributed by atoms with van der Waals surface area (Å²) in [6.45, 7) is 4.35. The van der Waals surface area contributed by atoms with Crippen LogP contribution in [0, 0.1) is 0 Å². The predicted molar refractivity (Wildman–Crippen MR) is 87.1 cm³/mol. The first-order valence-corrected chi connectivity index (χ1v) is 11.7. The van der Waals surface area contributed by atoms with Crippen molar-refractivity contribution in [2.75, 3.05) is 17.4 Å². The third kappa shape index (κ3) is 6.27. The van der Waals surface area contributed by atoms with Crippen LogP contribution in [0.25, 0.3) is 0 Å². The molecule has 1 aromatic carbocycles. The van der Waals surface area contributed by atoms with E-state index >= 15 is 0 Å². The van der Waals surface area contributed by atoms with E-state index in [4.69, 9.17) is 16.1 Å². The maximum Gasteiger partial charge on any atom is 0.313 e. The highest BCUT2D eigenvalue weighted by molar-refractivity contribution is 8.89. The molecule has 0 aliphatic carbocycles. The molecule has 0 fully saturated rings. The fourth-order valence-corrected chi connectivity index (χ4v) is 10.4. The van der Waals surface area contributed by atoms with E-state index in [0.717, 1.165) is 15.7 Å². The summed E-state index contributed by atoms with van der Waals surface area (Å²) in [4.78, 5) is 1.12. The number of halogens is 1. The summed E-state index contributed by atoms with van der Waals surface area (Å²) in [5, 5.41) is 1.44. The molecule has 0 saturated carbocycles. The second kappa shape index (κ2) is 8.83. The fraction of sp³-hybridized carbons (Fsp3) is 0.455. The summed E-state index contributed by atoms with van der Waals surface area (Å²) in [5.41, 5.74) is 0. The largest absolute Gasteiger partial charge is 0.314 e. The van der Waals surface area contributed by atoms with Crippen molar-refractivity contribution in [1.29, 1.82) is 0 Å². The highest BCUT2D eigenvalue weighted by Gasteiger charge is 2.23. The van der Waals surface area contributed by atoms with Gasteiger partial charge in [0.1, 0.15) is 0 Å². The Morgan fingerprint density at radius 1 is 1.22 bits per heavy atom. The lowest BCUT2D eigenvalue weighted by molar-refractivity contribution is 0.357. The van der Waals surface area contributed by atoms with E-state index in [9.17, 15) is 4.57 Å². The summed E-state index contributed by atoms with van der Waals surface area (Å²) in [7, 11) is 0. The van der Waals surface area contributed by atoms with Crippen LogP contribution in [0.4, 0.5) is 0 Å². The Morgan fingerprint density at radius 2 is 1.89 bits per heavy atom.